The molecule has 8 heteroatoms. The summed E-state index contributed by atoms with van der Waals surface area (Å²) in [6, 6.07) is 6.96. The molecule has 8 nitrogen and oxygen atoms in total. The second kappa shape index (κ2) is 16.1. The molecule has 2 rings (SSSR count). The number of carbonyl (C=O) groups excluding carboxylic acids is 3. The molecule has 0 unspecified atom stereocenters. The lowest BCUT2D eigenvalue weighted by Gasteiger charge is -2.33. The lowest BCUT2D eigenvalue weighted by Crippen LogP contribution is -2.48. The van der Waals surface area contributed by atoms with E-state index in [0.717, 1.165) is 30.6 Å². The molecular weight excluding hydrogens is 474 g/mol. The van der Waals surface area contributed by atoms with E-state index in [1.165, 1.54) is 6.08 Å². The molecule has 0 saturated heterocycles. The molecule has 0 heterocycles. The summed E-state index contributed by atoms with van der Waals surface area (Å²) in [6.07, 6.45) is 6.69. The molecule has 1 aromatic carbocycles. The van der Waals surface area contributed by atoms with Crippen molar-refractivity contribution in [3.63, 3.8) is 0 Å². The first-order valence-electron chi connectivity index (χ1n) is 13.3. The van der Waals surface area contributed by atoms with Gasteiger partial charge in [0.05, 0.1) is 50.7 Å². The number of nitrogens with one attached hydrogen (secondary N) is 1. The van der Waals surface area contributed by atoms with Crippen LogP contribution < -0.4 is 10.1 Å². The second-order valence-electron chi connectivity index (χ2n) is 9.64. The van der Waals surface area contributed by atoms with E-state index in [1.807, 2.05) is 31.2 Å². The summed E-state index contributed by atoms with van der Waals surface area (Å²) in [5.41, 5.74) is 0.255. The average Bonchev–Trinajstić information content (AvgIpc) is 3.37. The Morgan fingerprint density at radius 3 is 2.57 bits per heavy atom. The monoisotopic (exact) mass is 517 g/mol. The molecule has 1 aliphatic carbocycles. The standard InChI is InChI=1S/C29H43NO7/c1-5-11-23(27(32)36-7-3)19-29(14-8-9-15-29)28(33)30-24(18-26(31)37-16-6-2)21-35-20-22-12-10-13-25(17-22)34-4/h6,10,12-13,17,23-24H,2,5,7-9,11,14-16,18-21H2,1,3-4H3,(H,30,33)/t23-,24+/m1/s1. The number of methoxy groups -OCH3 is 1. The van der Waals surface area contributed by atoms with Crippen molar-refractivity contribution in [2.45, 2.75) is 77.9 Å². The van der Waals surface area contributed by atoms with Crippen LogP contribution in [-0.4, -0.2) is 50.8 Å². The fourth-order valence-electron chi connectivity index (χ4n) is 4.94. The van der Waals surface area contributed by atoms with Gasteiger partial charge in [0.1, 0.15) is 12.4 Å². The quantitative estimate of drug-likeness (QED) is 0.235. The molecule has 0 aromatic heterocycles. The molecule has 1 aromatic rings. The van der Waals surface area contributed by atoms with Crippen molar-refractivity contribution < 1.29 is 33.3 Å². The third-order valence-corrected chi connectivity index (χ3v) is 6.77. The smallest absolute Gasteiger partial charge is 0.308 e. The fourth-order valence-corrected chi connectivity index (χ4v) is 4.94. The zero-order valence-corrected chi connectivity index (χ0v) is 22.6. The molecule has 206 valence electrons. The lowest BCUT2D eigenvalue weighted by molar-refractivity contribution is -0.150. The zero-order valence-electron chi connectivity index (χ0n) is 22.6. The van der Waals surface area contributed by atoms with E-state index in [0.29, 0.717) is 38.9 Å². The van der Waals surface area contributed by atoms with Gasteiger partial charge in [-0.1, -0.05) is 51.0 Å². The Hall–Kier alpha value is -2.87. The highest BCUT2D eigenvalue weighted by Crippen LogP contribution is 2.44. The van der Waals surface area contributed by atoms with E-state index in [4.69, 9.17) is 18.9 Å². The van der Waals surface area contributed by atoms with Crippen LogP contribution in [0.15, 0.2) is 36.9 Å². The minimum Gasteiger partial charge on any atom is -0.497 e. The molecular formula is C29H43NO7. The number of hydrogen-bond acceptors (Lipinski definition) is 7. The second-order valence-corrected chi connectivity index (χ2v) is 9.64. The van der Waals surface area contributed by atoms with Crippen LogP contribution in [0.1, 0.15) is 70.8 Å². The van der Waals surface area contributed by atoms with Crippen molar-refractivity contribution in [2.75, 3.05) is 26.9 Å². The maximum absolute atomic E-state index is 13.7. The van der Waals surface area contributed by atoms with Crippen LogP contribution >= 0.6 is 0 Å². The Morgan fingerprint density at radius 1 is 1.16 bits per heavy atom. The van der Waals surface area contributed by atoms with Gasteiger partial charge in [0.2, 0.25) is 5.91 Å². The highest BCUT2D eigenvalue weighted by molar-refractivity contribution is 5.85. The summed E-state index contributed by atoms with van der Waals surface area (Å²) in [6.45, 7) is 8.25. The maximum Gasteiger partial charge on any atom is 0.308 e. The summed E-state index contributed by atoms with van der Waals surface area (Å²) in [5, 5.41) is 3.07. The Morgan fingerprint density at radius 2 is 1.92 bits per heavy atom. The molecule has 1 amide bonds. The van der Waals surface area contributed by atoms with Gasteiger partial charge in [-0.3, -0.25) is 14.4 Å². The van der Waals surface area contributed by atoms with E-state index in [9.17, 15) is 14.4 Å². The highest BCUT2D eigenvalue weighted by Gasteiger charge is 2.44. The zero-order chi connectivity index (χ0) is 27.1. The summed E-state index contributed by atoms with van der Waals surface area (Å²) < 4.78 is 21.6. The molecule has 37 heavy (non-hydrogen) atoms. The maximum atomic E-state index is 13.7. The van der Waals surface area contributed by atoms with Gasteiger partial charge in [0.15, 0.2) is 0 Å². The predicted octanol–water partition coefficient (Wildman–Crippen LogP) is 4.75. The van der Waals surface area contributed by atoms with Crippen molar-refractivity contribution in [1.82, 2.24) is 5.32 Å². The topological polar surface area (TPSA) is 100 Å². The van der Waals surface area contributed by atoms with Crippen LogP contribution in [0.3, 0.4) is 0 Å². The number of esters is 2. The van der Waals surface area contributed by atoms with E-state index >= 15 is 0 Å². The van der Waals surface area contributed by atoms with Crippen LogP contribution in [0.5, 0.6) is 5.75 Å². The summed E-state index contributed by atoms with van der Waals surface area (Å²) in [5.74, 6) is -0.415. The Labute approximate surface area is 221 Å². The number of benzene rings is 1. The summed E-state index contributed by atoms with van der Waals surface area (Å²) in [4.78, 5) is 38.7. The van der Waals surface area contributed by atoms with E-state index < -0.39 is 17.4 Å². The van der Waals surface area contributed by atoms with Gasteiger partial charge in [0.25, 0.3) is 0 Å². The Balaban J connectivity index is 2.12. The lowest BCUT2D eigenvalue weighted by atomic mass is 9.75. The minimum absolute atomic E-state index is 0.0238. The number of carbonyl (C=O) groups is 3. The van der Waals surface area contributed by atoms with E-state index in [2.05, 4.69) is 11.9 Å². The molecule has 1 saturated carbocycles. The number of amides is 1. The van der Waals surface area contributed by atoms with E-state index in [-0.39, 0.29) is 37.4 Å². The van der Waals surface area contributed by atoms with Gasteiger partial charge in [0, 0.05) is 0 Å². The molecule has 1 N–H and O–H groups in total. The fraction of sp³-hybridized carbons (Fsp3) is 0.621. The summed E-state index contributed by atoms with van der Waals surface area (Å²) >= 11 is 0. The first kappa shape index (κ1) is 30.4. The minimum atomic E-state index is -0.664. The van der Waals surface area contributed by atoms with Crippen molar-refractivity contribution in [1.29, 1.82) is 0 Å². The van der Waals surface area contributed by atoms with Crippen molar-refractivity contribution in [2.24, 2.45) is 11.3 Å². The Kier molecular flexibility index (Phi) is 13.2. The van der Waals surface area contributed by atoms with Gasteiger partial charge < -0.3 is 24.3 Å². The first-order valence-corrected chi connectivity index (χ1v) is 13.3. The molecule has 1 aliphatic rings. The van der Waals surface area contributed by atoms with Crippen LogP contribution in [0.2, 0.25) is 0 Å². The normalized spacial score (nSPS) is 15.9. The Bertz CT molecular complexity index is 879. The van der Waals surface area contributed by atoms with Gasteiger partial charge in [-0.15, -0.1) is 0 Å². The van der Waals surface area contributed by atoms with Crippen molar-refractivity contribution in [3.8, 4) is 5.75 Å². The first-order chi connectivity index (χ1) is 17.9. The molecule has 0 aliphatic heterocycles. The third-order valence-electron chi connectivity index (χ3n) is 6.77. The SMILES string of the molecule is C=CCOC(=O)C[C@@H](COCc1cccc(OC)c1)NC(=O)C1(C[C@@H](CCC)C(=O)OCC)CCCC1. The molecule has 0 bridgehead atoms. The predicted molar refractivity (Wildman–Crippen MR) is 141 cm³/mol. The molecule has 1 fully saturated rings. The van der Waals surface area contributed by atoms with Gasteiger partial charge in [-0.25, -0.2) is 0 Å². The van der Waals surface area contributed by atoms with Crippen LogP contribution in [0, 0.1) is 11.3 Å². The summed E-state index contributed by atoms with van der Waals surface area (Å²) in [7, 11) is 1.60. The van der Waals surface area contributed by atoms with Crippen LogP contribution in [0.25, 0.3) is 0 Å². The van der Waals surface area contributed by atoms with Crippen LogP contribution in [-0.2, 0) is 35.2 Å². The van der Waals surface area contributed by atoms with Crippen molar-refractivity contribution in [3.05, 3.63) is 42.5 Å². The van der Waals surface area contributed by atoms with Crippen LogP contribution in [0.4, 0.5) is 0 Å². The number of rotatable bonds is 17. The highest BCUT2D eigenvalue weighted by atomic mass is 16.5. The van der Waals surface area contributed by atoms with Gasteiger partial charge in [-0.2, -0.15) is 0 Å². The molecule has 2 atom stereocenters. The van der Waals surface area contributed by atoms with Gasteiger partial charge >= 0.3 is 11.9 Å². The average molecular weight is 518 g/mol. The van der Waals surface area contributed by atoms with E-state index in [1.54, 1.807) is 14.0 Å². The number of hydrogen-bond donors (Lipinski definition) is 1. The largest absolute Gasteiger partial charge is 0.497 e. The molecule has 0 spiro atoms. The van der Waals surface area contributed by atoms with Gasteiger partial charge in [-0.05, 0) is 50.3 Å². The number of ether oxygens (including phenoxy) is 4. The third kappa shape index (κ3) is 9.84. The molecule has 0 radical (unpaired) electrons. The van der Waals surface area contributed by atoms with Crippen molar-refractivity contribution >= 4 is 17.8 Å².